The molecule has 1 aromatic carbocycles. The van der Waals surface area contributed by atoms with Crippen molar-refractivity contribution in [1.29, 1.82) is 0 Å². The number of rotatable bonds is 5. The molecule has 0 heterocycles. The summed E-state index contributed by atoms with van der Waals surface area (Å²) < 4.78 is 5.18. The number of benzene rings is 1. The number of nitrogens with one attached hydrogen (secondary N) is 1. The summed E-state index contributed by atoms with van der Waals surface area (Å²) in [6, 6.07) is 5.22. The fourth-order valence-electron chi connectivity index (χ4n) is 1.70. The number of methoxy groups -OCH3 is 1. The number of ether oxygens (including phenoxy) is 1. The van der Waals surface area contributed by atoms with Gasteiger partial charge in [0.05, 0.1) is 18.2 Å². The van der Waals surface area contributed by atoms with Gasteiger partial charge in [0.15, 0.2) is 0 Å². The minimum Gasteiger partial charge on any atom is -0.495 e. The van der Waals surface area contributed by atoms with Crippen molar-refractivity contribution in [2.45, 2.75) is 12.8 Å². The van der Waals surface area contributed by atoms with Crippen LogP contribution in [0.2, 0.25) is 5.02 Å². The van der Waals surface area contributed by atoms with Crippen LogP contribution in [-0.2, 0) is 4.79 Å². The smallest absolute Gasteiger partial charge is 0.311 e. The molecule has 0 aliphatic heterocycles. The van der Waals surface area contributed by atoms with Crippen molar-refractivity contribution >= 4 is 23.3 Å². The number of carboxylic acids is 1. The highest BCUT2D eigenvalue weighted by Gasteiger charge is 2.50. The first-order valence-corrected chi connectivity index (χ1v) is 5.76. The number of hydrogen-bond donors (Lipinski definition) is 2. The maximum absolute atomic E-state index is 11.0. The van der Waals surface area contributed by atoms with E-state index in [1.54, 1.807) is 25.3 Å². The Morgan fingerprint density at radius 1 is 1.59 bits per heavy atom. The highest BCUT2D eigenvalue weighted by atomic mass is 35.5. The lowest BCUT2D eigenvalue weighted by atomic mass is 10.1. The third kappa shape index (κ3) is 2.47. The van der Waals surface area contributed by atoms with E-state index in [1.165, 1.54) is 0 Å². The van der Waals surface area contributed by atoms with E-state index in [9.17, 15) is 4.79 Å². The first-order chi connectivity index (χ1) is 8.07. The fourth-order valence-corrected chi connectivity index (χ4v) is 1.87. The first-order valence-electron chi connectivity index (χ1n) is 5.38. The van der Waals surface area contributed by atoms with E-state index in [4.69, 9.17) is 21.4 Å². The highest BCUT2D eigenvalue weighted by molar-refractivity contribution is 6.30. The summed E-state index contributed by atoms with van der Waals surface area (Å²) in [5.41, 5.74) is 0.125. The molecule has 0 atom stereocenters. The third-order valence-corrected chi connectivity index (χ3v) is 3.32. The SMILES string of the molecule is COc1ccc(Cl)cc1NCC1(C(=O)O)CC1. The molecule has 2 rings (SSSR count). The maximum atomic E-state index is 11.0. The molecule has 4 nitrogen and oxygen atoms in total. The van der Waals surface area contributed by atoms with Crippen LogP contribution in [-0.4, -0.2) is 24.7 Å². The topological polar surface area (TPSA) is 58.6 Å². The monoisotopic (exact) mass is 255 g/mol. The zero-order valence-electron chi connectivity index (χ0n) is 9.50. The molecular weight excluding hydrogens is 242 g/mol. The van der Waals surface area contributed by atoms with E-state index in [0.29, 0.717) is 17.3 Å². The Bertz CT molecular complexity index is 443. The van der Waals surface area contributed by atoms with Gasteiger partial charge in [-0.05, 0) is 31.0 Å². The fraction of sp³-hybridized carbons (Fsp3) is 0.417. The molecule has 0 aromatic heterocycles. The van der Waals surface area contributed by atoms with Crippen LogP contribution in [0, 0.1) is 5.41 Å². The lowest BCUT2D eigenvalue weighted by molar-refractivity contribution is -0.142. The van der Waals surface area contributed by atoms with E-state index >= 15 is 0 Å². The number of anilines is 1. The minimum absolute atomic E-state index is 0.402. The molecule has 17 heavy (non-hydrogen) atoms. The molecule has 0 bridgehead atoms. The van der Waals surface area contributed by atoms with Gasteiger partial charge in [0.2, 0.25) is 0 Å². The first kappa shape index (κ1) is 12.0. The summed E-state index contributed by atoms with van der Waals surface area (Å²) in [5.74, 6) is -0.0819. The standard InChI is InChI=1S/C12H14ClNO3/c1-17-10-3-2-8(13)6-9(10)14-7-12(4-5-12)11(15)16/h2-3,6,14H,4-5,7H2,1H3,(H,15,16). The molecule has 0 unspecified atom stereocenters. The van der Waals surface area contributed by atoms with Crippen molar-refractivity contribution in [1.82, 2.24) is 0 Å². The number of aliphatic carboxylic acids is 1. The van der Waals surface area contributed by atoms with Gasteiger partial charge in [0.25, 0.3) is 0 Å². The van der Waals surface area contributed by atoms with Crippen LogP contribution in [0.25, 0.3) is 0 Å². The van der Waals surface area contributed by atoms with E-state index < -0.39 is 11.4 Å². The molecule has 2 N–H and O–H groups in total. The Labute approximate surface area is 105 Å². The average molecular weight is 256 g/mol. The van der Waals surface area contributed by atoms with Gasteiger partial charge in [-0.15, -0.1) is 0 Å². The predicted molar refractivity (Wildman–Crippen MR) is 65.8 cm³/mol. The largest absolute Gasteiger partial charge is 0.495 e. The quantitative estimate of drug-likeness (QED) is 0.849. The van der Waals surface area contributed by atoms with Crippen molar-refractivity contribution in [2.75, 3.05) is 19.0 Å². The zero-order valence-corrected chi connectivity index (χ0v) is 10.3. The van der Waals surface area contributed by atoms with Crippen LogP contribution >= 0.6 is 11.6 Å². The molecule has 5 heteroatoms. The average Bonchev–Trinajstić information content (AvgIpc) is 3.07. The zero-order chi connectivity index (χ0) is 12.5. The second-order valence-corrected chi connectivity index (χ2v) is 4.72. The molecule has 1 aliphatic rings. The van der Waals surface area contributed by atoms with Crippen molar-refractivity contribution in [3.8, 4) is 5.75 Å². The minimum atomic E-state index is -0.744. The van der Waals surface area contributed by atoms with Crippen LogP contribution in [0.15, 0.2) is 18.2 Å². The number of halogens is 1. The summed E-state index contributed by atoms with van der Waals surface area (Å²) in [4.78, 5) is 11.0. The van der Waals surface area contributed by atoms with Gasteiger partial charge >= 0.3 is 5.97 Å². The Balaban J connectivity index is 2.08. The molecule has 0 amide bonds. The van der Waals surface area contributed by atoms with Crippen molar-refractivity contribution in [3.63, 3.8) is 0 Å². The highest BCUT2D eigenvalue weighted by Crippen LogP contribution is 2.46. The Morgan fingerprint density at radius 2 is 2.29 bits per heavy atom. The summed E-state index contributed by atoms with van der Waals surface area (Å²) in [5, 5.41) is 12.8. The van der Waals surface area contributed by atoms with Gasteiger partial charge in [-0.2, -0.15) is 0 Å². The summed E-state index contributed by atoms with van der Waals surface area (Å²) in [6.45, 7) is 0.402. The molecular formula is C12H14ClNO3. The summed E-state index contributed by atoms with van der Waals surface area (Å²) >= 11 is 5.89. The number of hydrogen-bond acceptors (Lipinski definition) is 3. The number of carbonyl (C=O) groups is 1. The van der Waals surface area contributed by atoms with Gasteiger partial charge in [-0.1, -0.05) is 11.6 Å². The van der Waals surface area contributed by atoms with Gasteiger partial charge in [-0.25, -0.2) is 0 Å². The Hall–Kier alpha value is -1.42. The van der Waals surface area contributed by atoms with E-state index in [-0.39, 0.29) is 0 Å². The lowest BCUT2D eigenvalue weighted by Gasteiger charge is -2.15. The van der Waals surface area contributed by atoms with Crippen molar-refractivity contribution < 1.29 is 14.6 Å². The van der Waals surface area contributed by atoms with E-state index in [1.807, 2.05) is 0 Å². The van der Waals surface area contributed by atoms with Crippen LogP contribution < -0.4 is 10.1 Å². The molecule has 0 radical (unpaired) electrons. The molecule has 1 aromatic rings. The van der Waals surface area contributed by atoms with Crippen molar-refractivity contribution in [3.05, 3.63) is 23.2 Å². The third-order valence-electron chi connectivity index (χ3n) is 3.09. The van der Waals surface area contributed by atoms with Gasteiger partial charge in [0.1, 0.15) is 5.75 Å². The van der Waals surface area contributed by atoms with E-state index in [2.05, 4.69) is 5.32 Å². The molecule has 1 aliphatic carbocycles. The maximum Gasteiger partial charge on any atom is 0.311 e. The molecule has 92 valence electrons. The van der Waals surface area contributed by atoms with Crippen molar-refractivity contribution in [2.24, 2.45) is 5.41 Å². The van der Waals surface area contributed by atoms with Gasteiger partial charge in [0, 0.05) is 11.6 Å². The lowest BCUT2D eigenvalue weighted by Crippen LogP contribution is -2.24. The normalized spacial score (nSPS) is 16.4. The van der Waals surface area contributed by atoms with Crippen LogP contribution in [0.4, 0.5) is 5.69 Å². The van der Waals surface area contributed by atoms with Gasteiger partial charge in [-0.3, -0.25) is 4.79 Å². The molecule has 1 fully saturated rings. The van der Waals surface area contributed by atoms with Crippen LogP contribution in [0.3, 0.4) is 0 Å². The molecule has 0 spiro atoms. The Kier molecular flexibility index (Phi) is 3.15. The second-order valence-electron chi connectivity index (χ2n) is 4.28. The van der Waals surface area contributed by atoms with Gasteiger partial charge < -0.3 is 15.2 Å². The van der Waals surface area contributed by atoms with Crippen LogP contribution in [0.5, 0.6) is 5.75 Å². The molecule has 1 saturated carbocycles. The van der Waals surface area contributed by atoms with E-state index in [0.717, 1.165) is 18.5 Å². The Morgan fingerprint density at radius 3 is 2.82 bits per heavy atom. The predicted octanol–water partition coefficient (Wildman–Crippen LogP) is 2.63. The number of carboxylic acid groups (broad SMARTS) is 1. The summed E-state index contributed by atoms with van der Waals surface area (Å²) in [6.07, 6.45) is 1.44. The second kappa shape index (κ2) is 4.45. The van der Waals surface area contributed by atoms with Crippen LogP contribution in [0.1, 0.15) is 12.8 Å². The molecule has 0 saturated heterocycles. The summed E-state index contributed by atoms with van der Waals surface area (Å²) in [7, 11) is 1.57.